The molecule has 1 saturated carbocycles. The highest BCUT2D eigenvalue weighted by atomic mass is 19.4. The number of rotatable bonds is 5. The summed E-state index contributed by atoms with van der Waals surface area (Å²) < 4.78 is 57.5. The van der Waals surface area contributed by atoms with Gasteiger partial charge >= 0.3 is 12.2 Å². The molecule has 2 aliphatic rings. The summed E-state index contributed by atoms with van der Waals surface area (Å²) >= 11 is 0. The van der Waals surface area contributed by atoms with Crippen LogP contribution in [-0.4, -0.2) is 41.2 Å². The van der Waals surface area contributed by atoms with Gasteiger partial charge in [0.2, 0.25) is 0 Å². The van der Waals surface area contributed by atoms with Gasteiger partial charge in [-0.15, -0.1) is 5.10 Å². The van der Waals surface area contributed by atoms with E-state index in [-0.39, 0.29) is 29.0 Å². The molecule has 0 amide bonds. The van der Waals surface area contributed by atoms with Gasteiger partial charge in [0.1, 0.15) is 5.69 Å². The highest BCUT2D eigenvalue weighted by Gasteiger charge is 2.36. The van der Waals surface area contributed by atoms with Crippen LogP contribution >= 0.6 is 0 Å². The molecule has 1 aromatic carbocycles. The van der Waals surface area contributed by atoms with Gasteiger partial charge in [-0.25, -0.2) is 4.98 Å². The number of alkyl halides is 3. The van der Waals surface area contributed by atoms with E-state index in [9.17, 15) is 13.2 Å². The summed E-state index contributed by atoms with van der Waals surface area (Å²) in [6.45, 7) is 3.11. The van der Waals surface area contributed by atoms with E-state index in [4.69, 9.17) is 13.9 Å². The Bertz CT molecular complexity index is 1090. The van der Waals surface area contributed by atoms with E-state index in [1.165, 1.54) is 6.07 Å². The molecule has 1 N–H and O–H groups in total. The number of nitrogens with one attached hydrogen (secondary N) is 1. The van der Waals surface area contributed by atoms with Gasteiger partial charge in [-0.3, -0.25) is 0 Å². The maximum absolute atomic E-state index is 13.8. The Hall–Kier alpha value is -2.72. The monoisotopic (exact) mass is 420 g/mol. The fourth-order valence-electron chi connectivity index (χ4n) is 3.59. The third-order valence-electron chi connectivity index (χ3n) is 5.25. The number of hydrogen-bond acceptors (Lipinski definition) is 7. The summed E-state index contributed by atoms with van der Waals surface area (Å²) in [6, 6.07) is 4.82. The number of nitrogens with zero attached hydrogens (tertiary/aromatic N) is 3. The van der Waals surface area contributed by atoms with Gasteiger partial charge in [-0.05, 0) is 55.0 Å². The second-order valence-corrected chi connectivity index (χ2v) is 7.53. The minimum atomic E-state index is -4.51. The molecule has 5 rings (SSSR count). The minimum absolute atomic E-state index is 0.0372. The largest absolute Gasteiger partial charge is 0.418 e. The number of fused-ring (bicyclic) bond motifs is 1. The van der Waals surface area contributed by atoms with Crippen molar-refractivity contribution in [2.75, 3.05) is 25.1 Å². The van der Waals surface area contributed by atoms with E-state index in [0.717, 1.165) is 12.8 Å². The number of anilines is 1. The Morgan fingerprint density at radius 3 is 2.57 bits per heavy atom. The topological polar surface area (TPSA) is 82.3 Å². The van der Waals surface area contributed by atoms with Crippen molar-refractivity contribution in [1.82, 2.24) is 15.2 Å². The summed E-state index contributed by atoms with van der Waals surface area (Å²) in [6.07, 6.45) is -3.08. The Labute approximate surface area is 169 Å². The molecule has 0 atom stereocenters. The van der Waals surface area contributed by atoms with Crippen LogP contribution in [0.2, 0.25) is 0 Å². The standard InChI is InChI=1S/C20H19F3N4O3/c1-10-6-15(18-26-27-19(30-18)24-9-16-28-4-5-29-16)25-17-13(10)7-12(11-2-3-11)8-14(17)20(21,22)23/h6-8,11,16H,2-5,9H2,1H3,(H,24,27). The van der Waals surface area contributed by atoms with Crippen LogP contribution in [0, 0.1) is 6.92 Å². The Balaban J connectivity index is 1.50. The fraction of sp³-hybridized carbons (Fsp3) is 0.450. The lowest BCUT2D eigenvalue weighted by atomic mass is 9.98. The molecular weight excluding hydrogens is 401 g/mol. The van der Waals surface area contributed by atoms with Crippen molar-refractivity contribution in [3.05, 3.63) is 34.9 Å². The number of halogens is 3. The zero-order valence-electron chi connectivity index (χ0n) is 16.1. The molecule has 7 nitrogen and oxygen atoms in total. The lowest BCUT2D eigenvalue weighted by Crippen LogP contribution is -2.20. The van der Waals surface area contributed by atoms with Gasteiger partial charge in [-0.2, -0.15) is 13.2 Å². The normalized spacial score (nSPS) is 17.7. The van der Waals surface area contributed by atoms with Crippen LogP contribution in [0.1, 0.15) is 35.4 Å². The molecule has 3 heterocycles. The van der Waals surface area contributed by atoms with E-state index >= 15 is 0 Å². The van der Waals surface area contributed by atoms with Crippen LogP contribution in [0.15, 0.2) is 22.6 Å². The lowest BCUT2D eigenvalue weighted by Gasteiger charge is -2.14. The quantitative estimate of drug-likeness (QED) is 0.660. The number of aryl methyl sites for hydroxylation is 1. The van der Waals surface area contributed by atoms with Crippen molar-refractivity contribution < 1.29 is 27.1 Å². The molecule has 2 fully saturated rings. The molecule has 1 saturated heterocycles. The molecule has 1 aliphatic heterocycles. The molecule has 158 valence electrons. The third kappa shape index (κ3) is 3.72. The molecular formula is C20H19F3N4O3. The van der Waals surface area contributed by atoms with Crippen LogP contribution in [0.5, 0.6) is 0 Å². The van der Waals surface area contributed by atoms with Crippen LogP contribution in [0.25, 0.3) is 22.5 Å². The van der Waals surface area contributed by atoms with Crippen molar-refractivity contribution in [2.24, 2.45) is 0 Å². The number of benzene rings is 1. The van der Waals surface area contributed by atoms with Crippen LogP contribution in [0.4, 0.5) is 19.2 Å². The van der Waals surface area contributed by atoms with Crippen LogP contribution < -0.4 is 5.32 Å². The molecule has 2 aromatic heterocycles. The smallest absolute Gasteiger partial charge is 0.402 e. The second-order valence-electron chi connectivity index (χ2n) is 7.53. The molecule has 0 bridgehead atoms. The first-order valence-electron chi connectivity index (χ1n) is 9.72. The second kappa shape index (κ2) is 7.21. The van der Waals surface area contributed by atoms with Crippen molar-refractivity contribution in [2.45, 2.75) is 38.1 Å². The summed E-state index contributed by atoms with van der Waals surface area (Å²) in [5, 5.41) is 11.2. The Morgan fingerprint density at radius 2 is 1.87 bits per heavy atom. The van der Waals surface area contributed by atoms with Crippen molar-refractivity contribution in [1.29, 1.82) is 0 Å². The van der Waals surface area contributed by atoms with E-state index in [2.05, 4.69) is 20.5 Å². The highest BCUT2D eigenvalue weighted by Crippen LogP contribution is 2.45. The third-order valence-corrected chi connectivity index (χ3v) is 5.25. The molecule has 0 unspecified atom stereocenters. The van der Waals surface area contributed by atoms with E-state index in [1.54, 1.807) is 13.0 Å². The maximum Gasteiger partial charge on any atom is 0.418 e. The summed E-state index contributed by atoms with van der Waals surface area (Å²) in [5.41, 5.74) is 0.734. The maximum atomic E-state index is 13.8. The van der Waals surface area contributed by atoms with Gasteiger partial charge in [0, 0.05) is 5.39 Å². The summed E-state index contributed by atoms with van der Waals surface area (Å²) in [5.74, 6) is 0.238. The molecule has 3 aromatic rings. The molecule has 30 heavy (non-hydrogen) atoms. The lowest BCUT2D eigenvalue weighted by molar-refractivity contribution is -0.136. The molecule has 0 radical (unpaired) electrons. The zero-order valence-corrected chi connectivity index (χ0v) is 16.1. The van der Waals surface area contributed by atoms with Gasteiger partial charge in [-0.1, -0.05) is 5.10 Å². The summed E-state index contributed by atoms with van der Waals surface area (Å²) in [4.78, 5) is 4.25. The summed E-state index contributed by atoms with van der Waals surface area (Å²) in [7, 11) is 0. The van der Waals surface area contributed by atoms with Gasteiger partial charge < -0.3 is 19.2 Å². The molecule has 1 aliphatic carbocycles. The average Bonchev–Trinajstić information content (AvgIpc) is 3.22. The minimum Gasteiger partial charge on any atom is -0.402 e. The van der Waals surface area contributed by atoms with Gasteiger partial charge in [0.25, 0.3) is 5.89 Å². The predicted octanol–water partition coefficient (Wildman–Crippen LogP) is 4.27. The molecule has 10 heteroatoms. The van der Waals surface area contributed by atoms with Crippen LogP contribution in [0.3, 0.4) is 0 Å². The number of aromatic nitrogens is 3. The van der Waals surface area contributed by atoms with Crippen LogP contribution in [-0.2, 0) is 15.7 Å². The Kier molecular flexibility index (Phi) is 4.62. The predicted molar refractivity (Wildman–Crippen MR) is 101 cm³/mol. The van der Waals surface area contributed by atoms with Crippen molar-refractivity contribution in [3.63, 3.8) is 0 Å². The SMILES string of the molecule is Cc1cc(-c2nnc(NCC3OCCO3)o2)nc2c(C(F)(F)F)cc(C3CC3)cc12. The average molecular weight is 420 g/mol. The highest BCUT2D eigenvalue weighted by molar-refractivity contribution is 5.88. The first-order chi connectivity index (χ1) is 14.4. The van der Waals surface area contributed by atoms with Gasteiger partial charge in [0.15, 0.2) is 6.29 Å². The number of ether oxygens (including phenoxy) is 2. The van der Waals surface area contributed by atoms with E-state index in [0.29, 0.717) is 36.3 Å². The number of hydrogen-bond donors (Lipinski definition) is 1. The van der Waals surface area contributed by atoms with E-state index < -0.39 is 18.0 Å². The first-order valence-corrected chi connectivity index (χ1v) is 9.72. The molecule has 0 spiro atoms. The van der Waals surface area contributed by atoms with E-state index in [1.807, 2.05) is 6.07 Å². The van der Waals surface area contributed by atoms with Gasteiger partial charge in [0.05, 0.1) is 30.8 Å². The van der Waals surface area contributed by atoms with Crippen molar-refractivity contribution in [3.8, 4) is 11.6 Å². The Morgan fingerprint density at radius 1 is 1.10 bits per heavy atom. The zero-order chi connectivity index (χ0) is 20.9. The fourth-order valence-corrected chi connectivity index (χ4v) is 3.59. The number of pyridine rings is 1. The van der Waals surface area contributed by atoms with Crippen molar-refractivity contribution >= 4 is 16.9 Å². The first kappa shape index (κ1) is 19.3.